The van der Waals surface area contributed by atoms with E-state index in [9.17, 15) is 28.8 Å². The Bertz CT molecular complexity index is 2360. The molecule has 2 aliphatic heterocycles. The average molecular weight is 823 g/mol. The third-order valence-corrected chi connectivity index (χ3v) is 9.28. The van der Waals surface area contributed by atoms with Crippen LogP contribution in [0.25, 0.3) is 0 Å². The van der Waals surface area contributed by atoms with E-state index in [4.69, 9.17) is 47.4 Å². The standard InChI is InChI=1S/C44H38O16/c1-7-37(45)55-26-11-9-25(10-12-26)41(47)56-27-13-15-29(33(19-27)51-5)42(48)59-35-21-53-40-36(22-54-39(35)40)60-43(49)30-16-14-28(20-34(30)52-6)57-44(50)31-17-24(4)32(18-23(31)3)58-38(46)8-2/h7-20,35-36,39-40H,1-2,21-22H2,3-6H3/t35-,36+,39+,40+/m0/s1. The van der Waals surface area contributed by atoms with Crippen molar-refractivity contribution in [2.45, 2.75) is 38.3 Å². The lowest BCUT2D eigenvalue weighted by molar-refractivity contribution is -0.129. The summed E-state index contributed by atoms with van der Waals surface area (Å²) in [5.41, 5.74) is 1.50. The van der Waals surface area contributed by atoms with Crippen LogP contribution in [0.5, 0.6) is 34.5 Å². The lowest BCUT2D eigenvalue weighted by atomic mass is 10.0. The first-order valence-corrected chi connectivity index (χ1v) is 18.2. The molecular formula is C44H38O16. The number of ether oxygens (including phenoxy) is 10. The highest BCUT2D eigenvalue weighted by Crippen LogP contribution is 2.35. The number of carbonyl (C=O) groups excluding carboxylic acids is 6. The minimum Gasteiger partial charge on any atom is -0.496 e. The van der Waals surface area contributed by atoms with Gasteiger partial charge in [0, 0.05) is 24.3 Å². The molecule has 0 bridgehead atoms. The molecule has 60 heavy (non-hydrogen) atoms. The second-order valence-electron chi connectivity index (χ2n) is 13.2. The lowest BCUT2D eigenvalue weighted by Crippen LogP contribution is -2.36. The molecule has 310 valence electrons. The first-order valence-electron chi connectivity index (χ1n) is 18.2. The minimum atomic E-state index is -0.866. The van der Waals surface area contributed by atoms with E-state index < -0.39 is 60.2 Å². The second-order valence-corrected chi connectivity index (χ2v) is 13.2. The van der Waals surface area contributed by atoms with Crippen LogP contribution >= 0.6 is 0 Å². The number of hydrogen-bond donors (Lipinski definition) is 0. The van der Waals surface area contributed by atoms with Gasteiger partial charge in [-0.2, -0.15) is 0 Å². The van der Waals surface area contributed by atoms with Gasteiger partial charge in [-0.05, 0) is 85.6 Å². The zero-order valence-corrected chi connectivity index (χ0v) is 32.8. The third-order valence-electron chi connectivity index (χ3n) is 9.28. The highest BCUT2D eigenvalue weighted by molar-refractivity contribution is 5.96. The molecule has 6 rings (SSSR count). The van der Waals surface area contributed by atoms with Crippen molar-refractivity contribution in [1.29, 1.82) is 0 Å². The van der Waals surface area contributed by atoms with Crippen molar-refractivity contribution < 1.29 is 76.1 Å². The maximum atomic E-state index is 13.4. The molecule has 0 aromatic heterocycles. The number of benzene rings is 4. The van der Waals surface area contributed by atoms with Gasteiger partial charge in [-0.15, -0.1) is 0 Å². The molecule has 2 saturated heterocycles. The van der Waals surface area contributed by atoms with Gasteiger partial charge in [0.05, 0.1) is 38.6 Å². The smallest absolute Gasteiger partial charge is 0.343 e. The van der Waals surface area contributed by atoms with Gasteiger partial charge in [-0.25, -0.2) is 28.8 Å². The van der Waals surface area contributed by atoms with E-state index >= 15 is 0 Å². The summed E-state index contributed by atoms with van der Waals surface area (Å²) in [7, 11) is 2.67. The summed E-state index contributed by atoms with van der Waals surface area (Å²) >= 11 is 0. The number of esters is 6. The summed E-state index contributed by atoms with van der Waals surface area (Å²) in [6, 6.07) is 17.0. The van der Waals surface area contributed by atoms with E-state index in [0.29, 0.717) is 11.1 Å². The number of carbonyl (C=O) groups is 6. The molecule has 0 spiro atoms. The summed E-state index contributed by atoms with van der Waals surface area (Å²) in [5, 5.41) is 0. The molecule has 4 atom stereocenters. The van der Waals surface area contributed by atoms with Gasteiger partial charge in [-0.1, -0.05) is 13.2 Å². The maximum absolute atomic E-state index is 13.4. The number of hydrogen-bond acceptors (Lipinski definition) is 16. The minimum absolute atomic E-state index is 0.0334. The van der Waals surface area contributed by atoms with Crippen LogP contribution < -0.4 is 28.4 Å². The van der Waals surface area contributed by atoms with Crippen molar-refractivity contribution in [3.05, 3.63) is 131 Å². The zero-order chi connectivity index (χ0) is 43.1. The van der Waals surface area contributed by atoms with Gasteiger partial charge in [0.25, 0.3) is 0 Å². The molecule has 16 heteroatoms. The van der Waals surface area contributed by atoms with Crippen LogP contribution in [0.4, 0.5) is 0 Å². The molecule has 2 aliphatic rings. The fraction of sp³-hybridized carbons (Fsp3) is 0.227. The molecule has 2 fully saturated rings. The van der Waals surface area contributed by atoms with Crippen molar-refractivity contribution >= 4 is 35.8 Å². The van der Waals surface area contributed by atoms with E-state index in [-0.39, 0.29) is 70.0 Å². The lowest BCUT2D eigenvalue weighted by Gasteiger charge is -2.18. The summed E-state index contributed by atoms with van der Waals surface area (Å²) in [5.74, 6) is -3.43. The van der Waals surface area contributed by atoms with Gasteiger partial charge < -0.3 is 47.4 Å². The summed E-state index contributed by atoms with van der Waals surface area (Å²) in [6.45, 7) is 9.94. The predicted molar refractivity (Wildman–Crippen MR) is 208 cm³/mol. The van der Waals surface area contributed by atoms with Crippen LogP contribution in [-0.2, 0) is 28.5 Å². The Morgan fingerprint density at radius 3 is 1.52 bits per heavy atom. The van der Waals surface area contributed by atoms with Crippen molar-refractivity contribution in [2.24, 2.45) is 0 Å². The van der Waals surface area contributed by atoms with E-state index in [0.717, 1.165) is 12.2 Å². The number of rotatable bonds is 14. The van der Waals surface area contributed by atoms with Crippen LogP contribution in [0, 0.1) is 13.8 Å². The van der Waals surface area contributed by atoms with Crippen LogP contribution in [0.15, 0.2) is 98.1 Å². The van der Waals surface area contributed by atoms with Crippen molar-refractivity contribution in [2.75, 3.05) is 27.4 Å². The Balaban J connectivity index is 1.04. The summed E-state index contributed by atoms with van der Waals surface area (Å²) in [4.78, 5) is 75.6. The van der Waals surface area contributed by atoms with Crippen LogP contribution in [0.3, 0.4) is 0 Å². The quantitative estimate of drug-likeness (QED) is 0.0879. The van der Waals surface area contributed by atoms with Crippen molar-refractivity contribution in [3.8, 4) is 34.5 Å². The van der Waals surface area contributed by atoms with Crippen molar-refractivity contribution in [3.63, 3.8) is 0 Å². The van der Waals surface area contributed by atoms with Gasteiger partial charge in [0.2, 0.25) is 0 Å². The number of aryl methyl sites for hydroxylation is 2. The fourth-order valence-electron chi connectivity index (χ4n) is 6.25. The second kappa shape index (κ2) is 18.5. The van der Waals surface area contributed by atoms with Crippen LogP contribution in [0.1, 0.15) is 52.6 Å². The molecule has 0 radical (unpaired) electrons. The SMILES string of the molecule is C=CC(=O)Oc1ccc(C(=O)Oc2ccc(C(=O)O[C@H]3CO[C@H]4[C@@H]3OC[C@H]4OC(=O)c3ccc(OC(=O)c4cc(C)c(OC(=O)C=C)cc4C)cc3OC)c(OC)c2)cc1. The predicted octanol–water partition coefficient (Wildman–Crippen LogP) is 5.49. The Morgan fingerprint density at radius 2 is 1.02 bits per heavy atom. The van der Waals surface area contributed by atoms with Gasteiger partial charge >= 0.3 is 35.8 Å². The first kappa shape index (κ1) is 42.3. The Morgan fingerprint density at radius 1 is 0.533 bits per heavy atom. The summed E-state index contributed by atoms with van der Waals surface area (Å²) < 4.78 is 55.3. The molecular weight excluding hydrogens is 784 g/mol. The molecule has 0 N–H and O–H groups in total. The highest BCUT2D eigenvalue weighted by atomic mass is 16.7. The molecule has 2 heterocycles. The van der Waals surface area contributed by atoms with Gasteiger partial charge in [0.15, 0.2) is 12.2 Å². The van der Waals surface area contributed by atoms with Crippen LogP contribution in [0.2, 0.25) is 0 Å². The number of fused-ring (bicyclic) bond motifs is 1. The molecule has 0 aliphatic carbocycles. The average Bonchev–Trinajstić information content (AvgIpc) is 3.84. The van der Waals surface area contributed by atoms with E-state index in [2.05, 4.69) is 13.2 Å². The molecule has 0 amide bonds. The fourth-order valence-corrected chi connectivity index (χ4v) is 6.25. The first-order chi connectivity index (χ1) is 28.8. The summed E-state index contributed by atoms with van der Waals surface area (Å²) in [6.07, 6.45) is -1.21. The van der Waals surface area contributed by atoms with Gasteiger partial charge in [-0.3, -0.25) is 0 Å². The van der Waals surface area contributed by atoms with Gasteiger partial charge in [0.1, 0.15) is 57.8 Å². The molecule has 16 nitrogen and oxygen atoms in total. The van der Waals surface area contributed by atoms with Crippen LogP contribution in [-0.4, -0.2) is 87.7 Å². The molecule has 4 aromatic carbocycles. The monoisotopic (exact) mass is 822 g/mol. The molecule has 0 saturated carbocycles. The Labute approximate surface area is 343 Å². The third kappa shape index (κ3) is 9.52. The Hall–Kier alpha value is -7.30. The number of methoxy groups -OCH3 is 2. The van der Waals surface area contributed by atoms with E-state index in [1.54, 1.807) is 19.9 Å². The largest absolute Gasteiger partial charge is 0.496 e. The topological polar surface area (TPSA) is 195 Å². The molecule has 4 aromatic rings. The van der Waals surface area contributed by atoms with E-state index in [1.807, 2.05) is 0 Å². The maximum Gasteiger partial charge on any atom is 0.343 e. The Kier molecular flexibility index (Phi) is 13.1. The van der Waals surface area contributed by atoms with Crippen molar-refractivity contribution in [1.82, 2.24) is 0 Å². The molecule has 0 unspecified atom stereocenters. The zero-order valence-electron chi connectivity index (χ0n) is 32.8. The van der Waals surface area contributed by atoms with E-state index in [1.165, 1.54) is 80.9 Å². The normalized spacial score (nSPS) is 17.6. The highest BCUT2D eigenvalue weighted by Gasteiger charge is 2.51.